The van der Waals surface area contributed by atoms with Gasteiger partial charge in [-0.3, -0.25) is 24.1 Å². The fourth-order valence-electron chi connectivity index (χ4n) is 9.70. The number of likely N-dealkylation sites (tertiary alicyclic amines) is 1. The summed E-state index contributed by atoms with van der Waals surface area (Å²) in [6, 6.07) is 21.6. The number of halogens is 1. The zero-order valence-corrected chi connectivity index (χ0v) is 27.0. The summed E-state index contributed by atoms with van der Waals surface area (Å²) in [5.41, 5.74) is 2.17. The van der Waals surface area contributed by atoms with Gasteiger partial charge in [0.25, 0.3) is 0 Å². The van der Waals surface area contributed by atoms with Gasteiger partial charge in [-0.15, -0.1) is 0 Å². The highest BCUT2D eigenvalue weighted by Crippen LogP contribution is 2.64. The normalized spacial score (nSPS) is 30.7. The lowest BCUT2D eigenvalue weighted by Gasteiger charge is -2.50. The van der Waals surface area contributed by atoms with E-state index in [0.717, 1.165) is 48.8 Å². The lowest BCUT2D eigenvalue weighted by atomic mass is 9.49. The molecular formula is C39H37ClN2O5. The average Bonchev–Trinajstić information content (AvgIpc) is 3.47. The van der Waals surface area contributed by atoms with Crippen LogP contribution in [0, 0.1) is 30.6 Å². The Labute approximate surface area is 279 Å². The van der Waals surface area contributed by atoms with Crippen LogP contribution in [0.25, 0.3) is 0 Å². The Balaban J connectivity index is 1.34. The number of benzene rings is 3. The van der Waals surface area contributed by atoms with E-state index < -0.39 is 35.0 Å². The van der Waals surface area contributed by atoms with Gasteiger partial charge < -0.3 is 5.11 Å². The van der Waals surface area contributed by atoms with Gasteiger partial charge in [-0.1, -0.05) is 91.0 Å². The standard InChI is InChI=1S/C39H37ClN2O5/c1-22-19-23(15-18-32(22)43)34-28-16-17-29-33(37(46)41(35(29)44)26-12-6-3-7-13-26)30(28)21-31-36(45)42(27-14-8-11-25(40)20-27)38(47)39(31,34)24-9-4-2-5-10-24/h2,4-5,8-11,14-16,18-20,26,29-31,33-34,43H,3,6-7,12-13,17,21H2,1H3/t29-,30+,31-,33-,34-,39+/m0/s1. The second-order valence-corrected chi connectivity index (χ2v) is 14.4. The average molecular weight is 649 g/mol. The number of allylic oxidation sites excluding steroid dienone is 2. The monoisotopic (exact) mass is 648 g/mol. The molecule has 2 saturated heterocycles. The minimum absolute atomic E-state index is 0.0756. The van der Waals surface area contributed by atoms with E-state index in [2.05, 4.69) is 6.08 Å². The van der Waals surface area contributed by atoms with E-state index in [0.29, 0.717) is 22.7 Å². The zero-order chi connectivity index (χ0) is 32.6. The molecule has 3 aliphatic carbocycles. The van der Waals surface area contributed by atoms with Crippen LogP contribution in [0.15, 0.2) is 84.4 Å². The second kappa shape index (κ2) is 11.2. The number of hydrogen-bond acceptors (Lipinski definition) is 5. The molecule has 0 radical (unpaired) electrons. The van der Waals surface area contributed by atoms with E-state index in [1.54, 1.807) is 35.2 Å². The number of nitrogens with zero attached hydrogens (tertiary/aromatic N) is 2. The number of carbonyl (C=O) groups is 4. The van der Waals surface area contributed by atoms with Crippen molar-refractivity contribution in [1.29, 1.82) is 0 Å². The molecule has 4 fully saturated rings. The van der Waals surface area contributed by atoms with Gasteiger partial charge in [0, 0.05) is 17.0 Å². The number of anilines is 1. The van der Waals surface area contributed by atoms with Gasteiger partial charge in [0.1, 0.15) is 5.75 Å². The maximum Gasteiger partial charge on any atom is 0.246 e. The number of fused-ring (bicyclic) bond motifs is 4. The molecule has 2 heterocycles. The van der Waals surface area contributed by atoms with Gasteiger partial charge in [0.05, 0.1) is 28.9 Å². The van der Waals surface area contributed by atoms with E-state index in [4.69, 9.17) is 11.6 Å². The first kappa shape index (κ1) is 30.1. The molecule has 1 N–H and O–H groups in total. The predicted octanol–water partition coefficient (Wildman–Crippen LogP) is 6.85. The summed E-state index contributed by atoms with van der Waals surface area (Å²) in [5, 5.41) is 11.0. The molecule has 2 aliphatic heterocycles. The van der Waals surface area contributed by atoms with Gasteiger partial charge in [-0.25, -0.2) is 4.90 Å². The predicted molar refractivity (Wildman–Crippen MR) is 178 cm³/mol. The molecule has 0 unspecified atom stereocenters. The Hall–Kier alpha value is -4.23. The van der Waals surface area contributed by atoms with Crippen molar-refractivity contribution in [1.82, 2.24) is 4.90 Å². The minimum Gasteiger partial charge on any atom is -0.508 e. The Morgan fingerprint density at radius 1 is 0.830 bits per heavy atom. The fourth-order valence-corrected chi connectivity index (χ4v) is 9.89. The van der Waals surface area contributed by atoms with Gasteiger partial charge in [-0.05, 0) is 79.5 Å². The lowest BCUT2D eigenvalue weighted by Crippen LogP contribution is -2.53. The quantitative estimate of drug-likeness (QED) is 0.247. The number of phenolic OH excluding ortho intramolecular Hbond substituents is 1. The molecule has 2 saturated carbocycles. The molecule has 6 atom stereocenters. The summed E-state index contributed by atoms with van der Waals surface area (Å²) in [6.07, 6.45) is 7.56. The Bertz CT molecular complexity index is 1850. The highest BCUT2D eigenvalue weighted by atomic mass is 35.5. The van der Waals surface area contributed by atoms with Gasteiger partial charge in [0.2, 0.25) is 23.6 Å². The Morgan fingerprint density at radius 3 is 2.32 bits per heavy atom. The molecule has 0 spiro atoms. The number of rotatable bonds is 4. The zero-order valence-electron chi connectivity index (χ0n) is 26.3. The van der Waals surface area contributed by atoms with Crippen molar-refractivity contribution in [3.63, 3.8) is 0 Å². The topological polar surface area (TPSA) is 95.0 Å². The number of aryl methyl sites for hydroxylation is 1. The third kappa shape index (κ3) is 4.31. The van der Waals surface area contributed by atoms with Crippen molar-refractivity contribution in [2.75, 3.05) is 4.90 Å². The van der Waals surface area contributed by atoms with Crippen molar-refractivity contribution in [2.45, 2.75) is 69.2 Å². The third-order valence-corrected chi connectivity index (χ3v) is 11.9. The Morgan fingerprint density at radius 2 is 1.60 bits per heavy atom. The number of hydrogen-bond donors (Lipinski definition) is 1. The van der Waals surface area contributed by atoms with Gasteiger partial charge in [-0.2, -0.15) is 0 Å². The second-order valence-electron chi connectivity index (χ2n) is 14.0. The van der Waals surface area contributed by atoms with Gasteiger partial charge >= 0.3 is 0 Å². The van der Waals surface area contributed by atoms with Crippen molar-refractivity contribution in [3.8, 4) is 5.75 Å². The lowest BCUT2D eigenvalue weighted by molar-refractivity contribution is -0.143. The molecule has 8 rings (SSSR count). The molecule has 5 aliphatic rings. The smallest absolute Gasteiger partial charge is 0.246 e. The van der Waals surface area contributed by atoms with E-state index in [1.807, 2.05) is 49.4 Å². The third-order valence-electron chi connectivity index (χ3n) is 11.7. The van der Waals surface area contributed by atoms with E-state index in [-0.39, 0.29) is 41.8 Å². The van der Waals surface area contributed by atoms with Crippen LogP contribution in [-0.4, -0.2) is 39.7 Å². The minimum atomic E-state index is -1.33. The molecule has 3 aromatic rings. The molecule has 47 heavy (non-hydrogen) atoms. The van der Waals surface area contributed by atoms with Gasteiger partial charge in [0.15, 0.2) is 0 Å². The summed E-state index contributed by atoms with van der Waals surface area (Å²) in [7, 11) is 0. The summed E-state index contributed by atoms with van der Waals surface area (Å²) in [5.74, 6) is -3.60. The van der Waals surface area contributed by atoms with E-state index in [1.165, 1.54) is 4.90 Å². The first-order chi connectivity index (χ1) is 22.7. The van der Waals surface area contributed by atoms with Crippen LogP contribution in [0.2, 0.25) is 5.02 Å². The highest BCUT2D eigenvalue weighted by molar-refractivity contribution is 6.32. The summed E-state index contributed by atoms with van der Waals surface area (Å²) in [6.45, 7) is 1.82. The van der Waals surface area contributed by atoms with Crippen molar-refractivity contribution in [3.05, 3.63) is 106 Å². The largest absolute Gasteiger partial charge is 0.508 e. The molecule has 7 nitrogen and oxygen atoms in total. The molecule has 0 bridgehead atoms. The van der Waals surface area contributed by atoms with E-state index in [9.17, 15) is 19.5 Å². The summed E-state index contributed by atoms with van der Waals surface area (Å²) >= 11 is 6.39. The SMILES string of the molecule is Cc1cc([C@H]2C3=CC[C@@H]4C(=O)N(C5CCCCC5)C(=O)[C@@H]4[C@@H]3C[C@H]3C(=O)N(c4cccc(Cl)c4)C(=O)[C@@]23c2ccccc2)ccc1O. The van der Waals surface area contributed by atoms with Crippen LogP contribution in [0.4, 0.5) is 5.69 Å². The number of phenols is 1. The maximum atomic E-state index is 15.3. The van der Waals surface area contributed by atoms with Crippen LogP contribution in [-0.2, 0) is 24.6 Å². The molecule has 0 aromatic heterocycles. The Kier molecular flexibility index (Phi) is 7.17. The highest BCUT2D eigenvalue weighted by Gasteiger charge is 2.70. The van der Waals surface area contributed by atoms with Crippen LogP contribution in [0.1, 0.15) is 67.6 Å². The van der Waals surface area contributed by atoms with Crippen LogP contribution < -0.4 is 4.90 Å². The molecule has 8 heteroatoms. The molecule has 4 amide bonds. The van der Waals surface area contributed by atoms with Crippen molar-refractivity contribution in [2.24, 2.45) is 23.7 Å². The fraction of sp³-hybridized carbons (Fsp3) is 0.385. The van der Waals surface area contributed by atoms with E-state index >= 15 is 4.79 Å². The van der Waals surface area contributed by atoms with Crippen LogP contribution >= 0.6 is 11.6 Å². The number of aromatic hydroxyl groups is 1. The van der Waals surface area contributed by atoms with Crippen LogP contribution in [0.3, 0.4) is 0 Å². The van der Waals surface area contributed by atoms with Crippen molar-refractivity contribution < 1.29 is 24.3 Å². The summed E-state index contributed by atoms with van der Waals surface area (Å²) in [4.78, 5) is 61.3. The molecule has 240 valence electrons. The number of carbonyl (C=O) groups excluding carboxylic acids is 4. The first-order valence-corrected chi connectivity index (χ1v) is 17.2. The molecular weight excluding hydrogens is 612 g/mol. The molecule has 3 aromatic carbocycles. The summed E-state index contributed by atoms with van der Waals surface area (Å²) < 4.78 is 0. The maximum absolute atomic E-state index is 15.3. The number of amides is 4. The number of imide groups is 2. The first-order valence-electron chi connectivity index (χ1n) is 16.8. The van der Waals surface area contributed by atoms with Crippen LogP contribution in [0.5, 0.6) is 5.75 Å². The van der Waals surface area contributed by atoms with Crippen molar-refractivity contribution >= 4 is 40.9 Å².